The number of allylic oxidation sites excluding steroid dienone is 1. The highest BCUT2D eigenvalue weighted by atomic mass is 16.3. The lowest BCUT2D eigenvalue weighted by molar-refractivity contribution is 0.669. The van der Waals surface area contributed by atoms with Gasteiger partial charge in [-0.05, 0) is 95.1 Å². The maximum absolute atomic E-state index is 6.31. The molecule has 0 spiro atoms. The number of nitrogens with zero attached hydrogens (tertiary/aromatic N) is 2. The summed E-state index contributed by atoms with van der Waals surface area (Å²) in [5, 5.41) is 8.64. The monoisotopic (exact) mass is 702 g/mol. The second kappa shape index (κ2) is 11.7. The highest BCUT2D eigenvalue weighted by molar-refractivity contribution is 6.16. The minimum absolute atomic E-state index is 0.917. The lowest BCUT2D eigenvalue weighted by Crippen LogP contribution is -2.06. The summed E-state index contributed by atoms with van der Waals surface area (Å²) >= 11 is 0. The Kier molecular flexibility index (Phi) is 6.46. The maximum Gasteiger partial charge on any atom is 0.136 e. The minimum Gasteiger partial charge on any atom is -0.456 e. The SMILES string of the molecule is C1=C(c2ccc3c4ccccc4n(-c4ccccc4)c3c2)CCc2c1c1ccccc1n2-c1cccc2c(-c3cccc4oc5ccccc5c34)cccc12. The summed E-state index contributed by atoms with van der Waals surface area (Å²) < 4.78 is 11.3. The van der Waals surface area contributed by atoms with Crippen LogP contribution >= 0.6 is 0 Å². The molecule has 3 nitrogen and oxygen atoms in total. The minimum atomic E-state index is 0.917. The summed E-state index contributed by atoms with van der Waals surface area (Å²) in [5.74, 6) is 0. The Balaban J connectivity index is 1.04. The Labute approximate surface area is 317 Å². The van der Waals surface area contributed by atoms with Crippen LogP contribution in [-0.4, -0.2) is 9.13 Å². The van der Waals surface area contributed by atoms with Crippen LogP contribution < -0.4 is 0 Å². The molecule has 0 bridgehead atoms. The van der Waals surface area contributed by atoms with Crippen molar-refractivity contribution in [2.24, 2.45) is 0 Å². The molecular weight excluding hydrogens is 669 g/mol. The van der Waals surface area contributed by atoms with Gasteiger partial charge < -0.3 is 13.6 Å². The van der Waals surface area contributed by atoms with Crippen molar-refractivity contribution >= 4 is 77.1 Å². The van der Waals surface area contributed by atoms with E-state index in [9.17, 15) is 0 Å². The first-order valence-electron chi connectivity index (χ1n) is 19.1. The van der Waals surface area contributed by atoms with E-state index in [2.05, 4.69) is 185 Å². The Morgan fingerprint density at radius 3 is 1.96 bits per heavy atom. The first-order chi connectivity index (χ1) is 27.3. The zero-order valence-corrected chi connectivity index (χ0v) is 30.0. The molecule has 12 rings (SSSR count). The van der Waals surface area contributed by atoms with Crippen LogP contribution in [0, 0.1) is 0 Å². The third-order valence-corrected chi connectivity index (χ3v) is 11.9. The van der Waals surface area contributed by atoms with E-state index in [1.807, 2.05) is 6.07 Å². The molecule has 8 aromatic carbocycles. The van der Waals surface area contributed by atoms with E-state index in [-0.39, 0.29) is 0 Å². The number of benzene rings is 8. The van der Waals surface area contributed by atoms with E-state index < -0.39 is 0 Å². The van der Waals surface area contributed by atoms with Gasteiger partial charge in [-0.15, -0.1) is 0 Å². The predicted molar refractivity (Wildman–Crippen MR) is 230 cm³/mol. The lowest BCUT2D eigenvalue weighted by atomic mass is 9.90. The van der Waals surface area contributed by atoms with Crippen molar-refractivity contribution in [2.75, 3.05) is 0 Å². The van der Waals surface area contributed by atoms with Gasteiger partial charge in [0.2, 0.25) is 0 Å². The normalized spacial score (nSPS) is 13.1. The van der Waals surface area contributed by atoms with Crippen molar-refractivity contribution in [3.8, 4) is 22.5 Å². The molecule has 3 heterocycles. The van der Waals surface area contributed by atoms with Crippen molar-refractivity contribution in [1.82, 2.24) is 9.13 Å². The zero-order valence-electron chi connectivity index (χ0n) is 30.0. The van der Waals surface area contributed by atoms with E-state index >= 15 is 0 Å². The van der Waals surface area contributed by atoms with E-state index in [4.69, 9.17) is 4.42 Å². The second-order valence-corrected chi connectivity index (χ2v) is 14.8. The fourth-order valence-corrected chi connectivity index (χ4v) is 9.48. The molecule has 0 atom stereocenters. The van der Waals surface area contributed by atoms with E-state index in [1.165, 1.54) is 93.8 Å². The second-order valence-electron chi connectivity index (χ2n) is 14.8. The summed E-state index contributed by atoms with van der Waals surface area (Å²) in [5.41, 5.74) is 15.7. The molecule has 0 saturated heterocycles. The van der Waals surface area contributed by atoms with E-state index in [1.54, 1.807) is 0 Å². The van der Waals surface area contributed by atoms with E-state index in [0.29, 0.717) is 0 Å². The Bertz CT molecular complexity index is 3370. The van der Waals surface area contributed by atoms with Crippen molar-refractivity contribution in [3.05, 3.63) is 193 Å². The number of hydrogen-bond acceptors (Lipinski definition) is 1. The van der Waals surface area contributed by atoms with Gasteiger partial charge in [-0.25, -0.2) is 0 Å². The largest absolute Gasteiger partial charge is 0.456 e. The molecule has 55 heavy (non-hydrogen) atoms. The molecule has 0 aliphatic heterocycles. The third-order valence-electron chi connectivity index (χ3n) is 11.9. The quantitative estimate of drug-likeness (QED) is 0.179. The van der Waals surface area contributed by atoms with Crippen LogP contribution in [0.2, 0.25) is 0 Å². The Hall–Kier alpha value is -7.10. The number of hydrogen-bond donors (Lipinski definition) is 0. The molecule has 1 aliphatic carbocycles. The van der Waals surface area contributed by atoms with Crippen LogP contribution in [0.5, 0.6) is 0 Å². The highest BCUT2D eigenvalue weighted by Gasteiger charge is 2.24. The summed E-state index contributed by atoms with van der Waals surface area (Å²) in [6.07, 6.45) is 4.38. The van der Waals surface area contributed by atoms with Crippen molar-refractivity contribution in [1.29, 1.82) is 0 Å². The molecular formula is C52H34N2O. The van der Waals surface area contributed by atoms with Crippen molar-refractivity contribution < 1.29 is 4.42 Å². The average Bonchev–Trinajstić information content (AvgIpc) is 3.91. The molecule has 0 fully saturated rings. The molecule has 11 aromatic rings. The zero-order chi connectivity index (χ0) is 36.0. The van der Waals surface area contributed by atoms with Gasteiger partial charge >= 0.3 is 0 Å². The molecule has 0 unspecified atom stereocenters. The molecule has 3 aromatic heterocycles. The first kappa shape index (κ1) is 30.4. The Morgan fingerprint density at radius 2 is 1.07 bits per heavy atom. The number of aromatic nitrogens is 2. The summed E-state index contributed by atoms with van der Waals surface area (Å²) in [7, 11) is 0. The summed E-state index contributed by atoms with van der Waals surface area (Å²) in [6, 6.07) is 63.8. The van der Waals surface area contributed by atoms with Crippen LogP contribution in [0.1, 0.15) is 23.2 Å². The van der Waals surface area contributed by atoms with Gasteiger partial charge in [0.05, 0.1) is 22.2 Å². The third kappa shape index (κ3) is 4.44. The van der Waals surface area contributed by atoms with Crippen LogP contribution in [0.25, 0.3) is 99.6 Å². The molecule has 0 N–H and O–H groups in total. The molecule has 3 heteroatoms. The topological polar surface area (TPSA) is 23.0 Å². The fraction of sp³-hybridized carbons (Fsp3) is 0.0385. The number of furan rings is 1. The molecule has 0 saturated carbocycles. The maximum atomic E-state index is 6.31. The highest BCUT2D eigenvalue weighted by Crippen LogP contribution is 2.44. The summed E-state index contributed by atoms with van der Waals surface area (Å²) in [4.78, 5) is 0. The first-order valence-corrected chi connectivity index (χ1v) is 19.1. The van der Waals surface area contributed by atoms with Crippen molar-refractivity contribution in [2.45, 2.75) is 12.8 Å². The summed E-state index contributed by atoms with van der Waals surface area (Å²) in [6.45, 7) is 0. The predicted octanol–water partition coefficient (Wildman–Crippen LogP) is 13.9. The molecule has 1 aliphatic rings. The Morgan fingerprint density at radius 1 is 0.418 bits per heavy atom. The fourth-order valence-electron chi connectivity index (χ4n) is 9.48. The van der Waals surface area contributed by atoms with Crippen LogP contribution in [0.3, 0.4) is 0 Å². The lowest BCUT2D eigenvalue weighted by Gasteiger charge is -2.20. The molecule has 0 amide bonds. The van der Waals surface area contributed by atoms with Crippen LogP contribution in [0.15, 0.2) is 180 Å². The average molecular weight is 703 g/mol. The van der Waals surface area contributed by atoms with Gasteiger partial charge in [-0.1, -0.05) is 127 Å². The number of para-hydroxylation sites is 4. The number of rotatable bonds is 4. The van der Waals surface area contributed by atoms with Crippen LogP contribution in [0.4, 0.5) is 0 Å². The van der Waals surface area contributed by atoms with Crippen LogP contribution in [-0.2, 0) is 6.42 Å². The van der Waals surface area contributed by atoms with Gasteiger partial charge in [-0.3, -0.25) is 0 Å². The molecule has 0 radical (unpaired) electrons. The van der Waals surface area contributed by atoms with Gasteiger partial charge in [0.15, 0.2) is 0 Å². The standard InChI is InChI=1S/C52H34N2O/c1-2-13-35(14-3-1)53-45-22-7-4-15-39(45)41-29-27-34(32-49(41)53)33-28-30-48-44(31-33)40-16-5-8-23-46(40)54(48)47-24-11-19-36-37(18-10-20-38(36)47)42-21-12-26-51-52(42)43-17-6-9-25-50(43)55-51/h1-27,29,31-32H,28,30H2. The smallest absolute Gasteiger partial charge is 0.136 e. The van der Waals surface area contributed by atoms with Crippen molar-refractivity contribution in [3.63, 3.8) is 0 Å². The number of fused-ring (bicyclic) bond motifs is 10. The van der Waals surface area contributed by atoms with Gasteiger partial charge in [0.1, 0.15) is 11.2 Å². The van der Waals surface area contributed by atoms with Gasteiger partial charge in [0, 0.05) is 49.3 Å². The molecule has 258 valence electrons. The van der Waals surface area contributed by atoms with Gasteiger partial charge in [0.25, 0.3) is 0 Å². The van der Waals surface area contributed by atoms with Gasteiger partial charge in [-0.2, -0.15) is 0 Å². The van der Waals surface area contributed by atoms with E-state index in [0.717, 1.165) is 29.4 Å².